The highest BCUT2D eigenvalue weighted by atomic mass is 16.5. The van der Waals surface area contributed by atoms with Gasteiger partial charge < -0.3 is 25.8 Å². The van der Waals surface area contributed by atoms with Crippen molar-refractivity contribution in [1.29, 1.82) is 0 Å². The second kappa shape index (κ2) is 10.5. The van der Waals surface area contributed by atoms with Gasteiger partial charge in [-0.15, -0.1) is 0 Å². The Morgan fingerprint density at radius 3 is 2.38 bits per heavy atom. The Hall–Kier alpha value is -2.32. The fourth-order valence-corrected chi connectivity index (χ4v) is 1.24. The minimum absolute atomic E-state index is 0.133. The van der Waals surface area contributed by atoms with E-state index >= 15 is 0 Å². The molecule has 0 aliphatic carbocycles. The number of carbonyl (C=O) groups is 4. The van der Waals surface area contributed by atoms with Crippen molar-refractivity contribution in [2.24, 2.45) is 0 Å². The van der Waals surface area contributed by atoms with Gasteiger partial charge in [-0.1, -0.05) is 0 Å². The number of carbonyl (C=O) groups excluding carboxylic acids is 3. The molecule has 0 aliphatic rings. The molecular formula is C12H21N3O6. The van der Waals surface area contributed by atoms with Crippen LogP contribution in [0.1, 0.15) is 26.7 Å². The summed E-state index contributed by atoms with van der Waals surface area (Å²) in [7, 11) is 0. The summed E-state index contributed by atoms with van der Waals surface area (Å²) in [6, 6.07) is -1.01. The zero-order valence-corrected chi connectivity index (χ0v) is 12.1. The average Bonchev–Trinajstić information content (AvgIpc) is 2.41. The number of nitrogens with one attached hydrogen (secondary N) is 3. The number of amides is 3. The molecule has 9 nitrogen and oxygen atoms in total. The van der Waals surface area contributed by atoms with Gasteiger partial charge in [-0.2, -0.15) is 0 Å². The van der Waals surface area contributed by atoms with Crippen LogP contribution in [0.4, 0.5) is 4.79 Å². The van der Waals surface area contributed by atoms with E-state index in [0.717, 1.165) is 0 Å². The standard InChI is InChI=1S/C12H21N3O6/c1-3-21-12(20)13-6-4-5-9(16)14-7-10(17)15-8(2)11(18)19/h8H,3-7H2,1-2H3,(H,13,20)(H,14,16)(H,15,17)(H,18,19). The lowest BCUT2D eigenvalue weighted by Crippen LogP contribution is -2.44. The molecule has 0 fully saturated rings. The third-order valence-corrected chi connectivity index (χ3v) is 2.32. The Labute approximate surface area is 122 Å². The Morgan fingerprint density at radius 2 is 1.81 bits per heavy atom. The molecule has 0 saturated carbocycles. The van der Waals surface area contributed by atoms with Gasteiger partial charge in [0.1, 0.15) is 6.04 Å². The summed E-state index contributed by atoms with van der Waals surface area (Å²) in [6.45, 7) is 3.28. The average molecular weight is 303 g/mol. The first-order chi connectivity index (χ1) is 9.86. The van der Waals surface area contributed by atoms with E-state index in [1.54, 1.807) is 6.92 Å². The second-order valence-corrected chi connectivity index (χ2v) is 4.15. The summed E-state index contributed by atoms with van der Waals surface area (Å²) < 4.78 is 4.63. The van der Waals surface area contributed by atoms with E-state index in [0.29, 0.717) is 6.42 Å². The van der Waals surface area contributed by atoms with Crippen molar-refractivity contribution < 1.29 is 29.0 Å². The smallest absolute Gasteiger partial charge is 0.407 e. The molecule has 21 heavy (non-hydrogen) atoms. The third kappa shape index (κ3) is 10.2. The van der Waals surface area contributed by atoms with E-state index in [-0.39, 0.29) is 32.0 Å². The van der Waals surface area contributed by atoms with Crippen molar-refractivity contribution in [3.63, 3.8) is 0 Å². The van der Waals surface area contributed by atoms with Crippen LogP contribution in [-0.4, -0.2) is 54.7 Å². The van der Waals surface area contributed by atoms with Gasteiger partial charge in [0.2, 0.25) is 11.8 Å². The van der Waals surface area contributed by atoms with Crippen molar-refractivity contribution in [1.82, 2.24) is 16.0 Å². The van der Waals surface area contributed by atoms with Gasteiger partial charge in [0.25, 0.3) is 0 Å². The second-order valence-electron chi connectivity index (χ2n) is 4.15. The molecule has 0 bridgehead atoms. The zero-order chi connectivity index (χ0) is 16.3. The Balaban J connectivity index is 3.69. The molecule has 0 saturated heterocycles. The Bertz CT molecular complexity index is 385. The molecule has 0 heterocycles. The summed E-state index contributed by atoms with van der Waals surface area (Å²) in [5.41, 5.74) is 0. The van der Waals surface area contributed by atoms with E-state index < -0.39 is 24.0 Å². The maximum Gasteiger partial charge on any atom is 0.407 e. The van der Waals surface area contributed by atoms with Gasteiger partial charge in [0, 0.05) is 13.0 Å². The summed E-state index contributed by atoms with van der Waals surface area (Å²) >= 11 is 0. The quantitative estimate of drug-likeness (QED) is 0.413. The molecule has 0 aliphatic heterocycles. The van der Waals surface area contributed by atoms with E-state index in [1.165, 1.54) is 6.92 Å². The summed E-state index contributed by atoms with van der Waals surface area (Å²) in [6.07, 6.45) is -0.00802. The molecule has 4 N–H and O–H groups in total. The van der Waals surface area contributed by atoms with Gasteiger partial charge in [-0.25, -0.2) is 4.79 Å². The number of aliphatic carboxylic acids is 1. The predicted molar refractivity (Wildman–Crippen MR) is 72.5 cm³/mol. The molecule has 0 spiro atoms. The number of hydrogen-bond donors (Lipinski definition) is 4. The maximum atomic E-state index is 11.4. The van der Waals surface area contributed by atoms with Crippen LogP contribution >= 0.6 is 0 Å². The summed E-state index contributed by atoms with van der Waals surface area (Å²) in [5.74, 6) is -2.10. The van der Waals surface area contributed by atoms with E-state index in [9.17, 15) is 19.2 Å². The van der Waals surface area contributed by atoms with Crippen LogP contribution in [0.5, 0.6) is 0 Å². The van der Waals surface area contributed by atoms with Crippen LogP contribution in [0, 0.1) is 0 Å². The number of rotatable bonds is 9. The lowest BCUT2D eigenvalue weighted by molar-refractivity contribution is -0.141. The van der Waals surface area contributed by atoms with Gasteiger partial charge in [0.15, 0.2) is 0 Å². The fourth-order valence-electron chi connectivity index (χ4n) is 1.24. The number of alkyl carbamates (subject to hydrolysis) is 1. The van der Waals surface area contributed by atoms with Gasteiger partial charge in [0.05, 0.1) is 13.2 Å². The number of carboxylic acid groups (broad SMARTS) is 1. The molecular weight excluding hydrogens is 282 g/mol. The molecule has 0 rings (SSSR count). The highest BCUT2D eigenvalue weighted by Gasteiger charge is 2.14. The molecule has 9 heteroatoms. The van der Waals surface area contributed by atoms with Gasteiger partial charge >= 0.3 is 12.1 Å². The SMILES string of the molecule is CCOC(=O)NCCCC(=O)NCC(=O)NC(C)C(=O)O. The number of hydrogen-bond acceptors (Lipinski definition) is 5. The Morgan fingerprint density at radius 1 is 1.14 bits per heavy atom. The highest BCUT2D eigenvalue weighted by molar-refractivity contribution is 5.87. The van der Waals surface area contributed by atoms with Crippen molar-refractivity contribution in [2.75, 3.05) is 19.7 Å². The lowest BCUT2D eigenvalue weighted by atomic mass is 10.3. The van der Waals surface area contributed by atoms with Crippen LogP contribution in [0.2, 0.25) is 0 Å². The minimum Gasteiger partial charge on any atom is -0.480 e. The van der Waals surface area contributed by atoms with E-state index in [1.807, 2.05) is 0 Å². The van der Waals surface area contributed by atoms with Crippen molar-refractivity contribution in [3.8, 4) is 0 Å². The number of carboxylic acids is 1. The first-order valence-electron chi connectivity index (χ1n) is 6.56. The monoisotopic (exact) mass is 303 g/mol. The third-order valence-electron chi connectivity index (χ3n) is 2.32. The van der Waals surface area contributed by atoms with E-state index in [2.05, 4.69) is 20.7 Å². The van der Waals surface area contributed by atoms with E-state index in [4.69, 9.17) is 5.11 Å². The highest BCUT2D eigenvalue weighted by Crippen LogP contribution is 1.88. The van der Waals surface area contributed by atoms with Gasteiger partial charge in [-0.05, 0) is 20.3 Å². The van der Waals surface area contributed by atoms with Crippen LogP contribution in [0.3, 0.4) is 0 Å². The predicted octanol–water partition coefficient (Wildman–Crippen LogP) is -0.782. The van der Waals surface area contributed by atoms with Crippen molar-refractivity contribution in [3.05, 3.63) is 0 Å². The molecule has 3 amide bonds. The zero-order valence-electron chi connectivity index (χ0n) is 12.1. The number of ether oxygens (including phenoxy) is 1. The molecule has 1 unspecified atom stereocenters. The fraction of sp³-hybridized carbons (Fsp3) is 0.667. The molecule has 0 aromatic heterocycles. The molecule has 0 aromatic rings. The first kappa shape index (κ1) is 18.7. The van der Waals surface area contributed by atoms with Crippen LogP contribution in [0.25, 0.3) is 0 Å². The molecule has 0 radical (unpaired) electrons. The first-order valence-corrected chi connectivity index (χ1v) is 6.56. The summed E-state index contributed by atoms with van der Waals surface area (Å²) in [5, 5.41) is 15.6. The van der Waals surface area contributed by atoms with Crippen LogP contribution < -0.4 is 16.0 Å². The Kier molecular flexibility index (Phi) is 9.31. The topological polar surface area (TPSA) is 134 Å². The molecule has 0 aromatic carbocycles. The van der Waals surface area contributed by atoms with Gasteiger partial charge in [-0.3, -0.25) is 14.4 Å². The molecule has 120 valence electrons. The summed E-state index contributed by atoms with van der Waals surface area (Å²) in [4.78, 5) is 44.1. The van der Waals surface area contributed by atoms with Crippen molar-refractivity contribution in [2.45, 2.75) is 32.7 Å². The molecule has 1 atom stereocenters. The maximum absolute atomic E-state index is 11.4. The minimum atomic E-state index is -1.15. The lowest BCUT2D eigenvalue weighted by Gasteiger charge is -2.10. The van der Waals surface area contributed by atoms with Crippen molar-refractivity contribution >= 4 is 23.9 Å². The normalized spacial score (nSPS) is 11.1. The van der Waals surface area contributed by atoms with Crippen LogP contribution in [0.15, 0.2) is 0 Å². The van der Waals surface area contributed by atoms with Crippen LogP contribution in [-0.2, 0) is 19.1 Å². The largest absolute Gasteiger partial charge is 0.480 e.